The van der Waals surface area contributed by atoms with Crippen LogP contribution in [0.2, 0.25) is 5.15 Å². The van der Waals surface area contributed by atoms with E-state index in [1.807, 2.05) is 0 Å². The lowest BCUT2D eigenvalue weighted by molar-refractivity contribution is -0.138. The highest BCUT2D eigenvalue weighted by molar-refractivity contribution is 6.30. The summed E-state index contributed by atoms with van der Waals surface area (Å²) in [4.78, 5) is 29.7. The highest BCUT2D eigenvalue weighted by atomic mass is 35.5. The summed E-state index contributed by atoms with van der Waals surface area (Å²) in [6.45, 7) is 1.42. The minimum Gasteiger partial charge on any atom is -0.267 e. The summed E-state index contributed by atoms with van der Waals surface area (Å²) in [5.41, 5.74) is 1.17. The molecular formula is C10H6ClF3N4O2. The number of alkyl halides is 3. The smallest absolute Gasteiger partial charge is 0.267 e. The van der Waals surface area contributed by atoms with Crippen LogP contribution in [0, 0.1) is 0 Å². The van der Waals surface area contributed by atoms with Crippen LogP contribution < -0.4 is 5.43 Å². The first kappa shape index (κ1) is 14.3. The second-order valence-electron chi connectivity index (χ2n) is 3.81. The largest absolute Gasteiger partial charge is 0.420 e. The summed E-state index contributed by atoms with van der Waals surface area (Å²) >= 11 is 5.39. The quantitative estimate of drug-likeness (QED) is 0.666. The third-order valence-electron chi connectivity index (χ3n) is 2.36. The van der Waals surface area contributed by atoms with Crippen molar-refractivity contribution in [2.24, 2.45) is 0 Å². The zero-order valence-corrected chi connectivity index (χ0v) is 10.6. The fraction of sp³-hybridized carbons (Fsp3) is 0.200. The predicted octanol–water partition coefficient (Wildman–Crippen LogP) is 1.79. The number of hydrogen-bond acceptors (Lipinski definition) is 5. The number of aromatic nitrogens is 2. The molecule has 10 heteroatoms. The van der Waals surface area contributed by atoms with Crippen LogP contribution in [0.4, 0.5) is 19.1 Å². The first-order chi connectivity index (χ1) is 9.20. The van der Waals surface area contributed by atoms with Crippen LogP contribution in [0.3, 0.4) is 0 Å². The van der Waals surface area contributed by atoms with Gasteiger partial charge in [-0.15, -0.1) is 0 Å². The Balaban J connectivity index is 2.23. The Morgan fingerprint density at radius 1 is 1.35 bits per heavy atom. The van der Waals surface area contributed by atoms with Crippen LogP contribution in [0.5, 0.6) is 0 Å². The van der Waals surface area contributed by atoms with Crippen molar-refractivity contribution in [3.63, 3.8) is 0 Å². The lowest BCUT2D eigenvalue weighted by atomic mass is 10.3. The maximum absolute atomic E-state index is 12.4. The van der Waals surface area contributed by atoms with Gasteiger partial charge in [-0.2, -0.15) is 23.2 Å². The maximum Gasteiger partial charge on any atom is 0.420 e. The summed E-state index contributed by atoms with van der Waals surface area (Å²) < 4.78 is 37.3. The van der Waals surface area contributed by atoms with Gasteiger partial charge in [0.25, 0.3) is 11.8 Å². The molecule has 6 nitrogen and oxygen atoms in total. The molecule has 1 aliphatic heterocycles. The van der Waals surface area contributed by atoms with Crippen LogP contribution in [0.15, 0.2) is 17.8 Å². The van der Waals surface area contributed by atoms with Gasteiger partial charge in [0, 0.05) is 17.8 Å². The van der Waals surface area contributed by atoms with Gasteiger partial charge < -0.3 is 0 Å². The second-order valence-corrected chi connectivity index (χ2v) is 4.17. The van der Waals surface area contributed by atoms with Crippen molar-refractivity contribution in [3.8, 4) is 0 Å². The number of carbonyl (C=O) groups excluding carboxylic acids is 2. The van der Waals surface area contributed by atoms with Crippen molar-refractivity contribution >= 4 is 29.4 Å². The van der Waals surface area contributed by atoms with E-state index in [2.05, 4.69) is 15.4 Å². The predicted molar refractivity (Wildman–Crippen MR) is 61.3 cm³/mol. The van der Waals surface area contributed by atoms with E-state index in [-0.39, 0.29) is 5.57 Å². The van der Waals surface area contributed by atoms with Gasteiger partial charge in [-0.1, -0.05) is 11.6 Å². The minimum atomic E-state index is -4.69. The van der Waals surface area contributed by atoms with Gasteiger partial charge in [0.15, 0.2) is 0 Å². The molecule has 0 saturated carbocycles. The Bertz CT molecular complexity index is 629. The lowest BCUT2D eigenvalue weighted by Gasteiger charge is -2.16. The number of hydrogen-bond donors (Lipinski definition) is 1. The van der Waals surface area contributed by atoms with E-state index in [4.69, 9.17) is 11.6 Å². The summed E-state index contributed by atoms with van der Waals surface area (Å²) in [6.07, 6.45) is -3.16. The molecule has 2 amide bonds. The van der Waals surface area contributed by atoms with E-state index in [1.54, 1.807) is 0 Å². The van der Waals surface area contributed by atoms with Gasteiger partial charge in [0.05, 0.1) is 0 Å². The van der Waals surface area contributed by atoms with Crippen molar-refractivity contribution in [2.45, 2.75) is 13.1 Å². The van der Waals surface area contributed by atoms with Crippen molar-refractivity contribution in [2.75, 3.05) is 5.43 Å². The molecule has 0 spiro atoms. The van der Waals surface area contributed by atoms with Crippen LogP contribution in [0.25, 0.3) is 0 Å². The number of halogens is 4. The number of anilines is 1. The molecule has 0 aromatic carbocycles. The molecule has 1 aliphatic rings. The Labute approximate surface area is 115 Å². The zero-order valence-electron chi connectivity index (χ0n) is 9.82. The number of carbonyl (C=O) groups is 2. The molecule has 2 heterocycles. The van der Waals surface area contributed by atoms with E-state index in [1.165, 1.54) is 6.92 Å². The highest BCUT2D eigenvalue weighted by Crippen LogP contribution is 2.33. The molecule has 1 aromatic rings. The molecule has 0 saturated heterocycles. The van der Waals surface area contributed by atoms with E-state index >= 15 is 0 Å². The average molecular weight is 307 g/mol. The van der Waals surface area contributed by atoms with Gasteiger partial charge in [0.2, 0.25) is 5.95 Å². The Morgan fingerprint density at radius 2 is 2.00 bits per heavy atom. The Kier molecular flexibility index (Phi) is 3.38. The normalized spacial score (nSPS) is 15.7. The maximum atomic E-state index is 12.4. The fourth-order valence-corrected chi connectivity index (χ4v) is 1.63. The number of amides is 2. The van der Waals surface area contributed by atoms with Crippen LogP contribution in [-0.4, -0.2) is 26.8 Å². The third kappa shape index (κ3) is 2.57. The minimum absolute atomic E-state index is 0.181. The molecule has 1 N–H and O–H groups in total. The fourth-order valence-electron chi connectivity index (χ4n) is 1.40. The molecule has 0 bridgehead atoms. The molecule has 0 unspecified atom stereocenters. The summed E-state index contributed by atoms with van der Waals surface area (Å²) in [6, 6.07) is 0. The van der Waals surface area contributed by atoms with Crippen molar-refractivity contribution < 1.29 is 22.8 Å². The van der Waals surface area contributed by atoms with Crippen molar-refractivity contribution in [3.05, 3.63) is 28.6 Å². The van der Waals surface area contributed by atoms with E-state index < -0.39 is 34.7 Å². The molecule has 1 aromatic heterocycles. The van der Waals surface area contributed by atoms with Crippen LogP contribution >= 0.6 is 11.6 Å². The zero-order chi connectivity index (χ0) is 15.1. The SMILES string of the molecule is CC1=CC(=O)N(Nc2ncc(C(F)(F)F)c(Cl)n2)C1=O. The molecule has 0 radical (unpaired) electrons. The molecule has 0 fully saturated rings. The first-order valence-corrected chi connectivity index (χ1v) is 5.51. The monoisotopic (exact) mass is 306 g/mol. The van der Waals surface area contributed by atoms with Gasteiger partial charge >= 0.3 is 6.18 Å². The number of imide groups is 1. The standard InChI is InChI=1S/C10H6ClF3N4O2/c1-4-2-6(19)18(8(4)20)17-9-15-3-5(7(11)16-9)10(12,13)14/h2-3H,1H3,(H,15,16,17). The van der Waals surface area contributed by atoms with Gasteiger partial charge in [0.1, 0.15) is 10.7 Å². The summed E-state index contributed by atoms with van der Waals surface area (Å²) in [5, 5.41) is -0.257. The van der Waals surface area contributed by atoms with Gasteiger partial charge in [-0.25, -0.2) is 4.98 Å². The molecule has 20 heavy (non-hydrogen) atoms. The van der Waals surface area contributed by atoms with Crippen LogP contribution in [0.1, 0.15) is 12.5 Å². The topological polar surface area (TPSA) is 75.2 Å². The van der Waals surface area contributed by atoms with E-state index in [0.717, 1.165) is 6.08 Å². The number of hydrazine groups is 1. The number of nitrogens with zero attached hydrogens (tertiary/aromatic N) is 3. The van der Waals surface area contributed by atoms with Crippen molar-refractivity contribution in [1.29, 1.82) is 0 Å². The molecule has 2 rings (SSSR count). The lowest BCUT2D eigenvalue weighted by Crippen LogP contribution is -2.37. The molecule has 0 aliphatic carbocycles. The van der Waals surface area contributed by atoms with E-state index in [9.17, 15) is 22.8 Å². The second kappa shape index (κ2) is 4.75. The molecular weight excluding hydrogens is 301 g/mol. The van der Waals surface area contributed by atoms with Gasteiger partial charge in [-0.3, -0.25) is 15.0 Å². The Morgan fingerprint density at radius 3 is 2.45 bits per heavy atom. The third-order valence-corrected chi connectivity index (χ3v) is 2.65. The molecule has 0 atom stereocenters. The summed E-state index contributed by atoms with van der Waals surface area (Å²) in [7, 11) is 0. The highest BCUT2D eigenvalue weighted by Gasteiger charge is 2.35. The Hall–Kier alpha value is -2.16. The first-order valence-electron chi connectivity index (χ1n) is 5.13. The van der Waals surface area contributed by atoms with Crippen LogP contribution in [-0.2, 0) is 15.8 Å². The van der Waals surface area contributed by atoms with E-state index in [0.29, 0.717) is 11.2 Å². The summed E-state index contributed by atoms with van der Waals surface area (Å²) in [5.74, 6) is -1.71. The molecule has 106 valence electrons. The average Bonchev–Trinajstić information content (AvgIpc) is 2.54. The van der Waals surface area contributed by atoms with Crippen molar-refractivity contribution in [1.82, 2.24) is 15.0 Å². The number of nitrogens with one attached hydrogen (secondary N) is 1. The number of rotatable bonds is 2. The van der Waals surface area contributed by atoms with Gasteiger partial charge in [-0.05, 0) is 6.92 Å².